The molecule has 0 bridgehead atoms. The fraction of sp³-hybridized carbons (Fsp3) is 0.667. The van der Waals surface area contributed by atoms with Crippen LogP contribution >= 0.6 is 22.9 Å². The zero-order valence-corrected chi connectivity index (χ0v) is 12.0. The minimum atomic E-state index is -0.187. The highest BCUT2D eigenvalue weighted by atomic mass is 35.5. The molecule has 1 aliphatic rings. The third-order valence-electron chi connectivity index (χ3n) is 3.44. The first-order valence-corrected chi connectivity index (χ1v) is 7.60. The third kappa shape index (κ3) is 2.84. The maximum atomic E-state index is 11.2. The number of carbonyl (C=O) groups is 1. The quantitative estimate of drug-likeness (QED) is 0.844. The molecule has 0 radical (unpaired) electrons. The number of nitrogens with zero attached hydrogens (tertiary/aromatic N) is 2. The molecular weight excluding hydrogens is 270 g/mol. The summed E-state index contributed by atoms with van der Waals surface area (Å²) < 4.78 is 0. The molecule has 0 saturated carbocycles. The van der Waals surface area contributed by atoms with E-state index in [1.165, 1.54) is 0 Å². The van der Waals surface area contributed by atoms with Crippen molar-refractivity contribution in [3.8, 4) is 0 Å². The molecule has 4 nitrogen and oxygen atoms in total. The van der Waals surface area contributed by atoms with Gasteiger partial charge in [-0.2, -0.15) is 0 Å². The van der Waals surface area contributed by atoms with Crippen LogP contribution in [0, 0.1) is 5.92 Å². The monoisotopic (exact) mass is 287 g/mol. The molecule has 1 amide bonds. The number of carbonyl (C=O) groups excluding carboxylic acids is 1. The largest absolute Gasteiger partial charge is 0.369 e. The van der Waals surface area contributed by atoms with E-state index in [9.17, 15) is 4.79 Å². The zero-order valence-electron chi connectivity index (χ0n) is 10.4. The van der Waals surface area contributed by atoms with Gasteiger partial charge in [-0.1, -0.05) is 6.92 Å². The molecule has 0 spiro atoms. The Morgan fingerprint density at radius 3 is 3.06 bits per heavy atom. The van der Waals surface area contributed by atoms with Crippen LogP contribution in [0.2, 0.25) is 0 Å². The second-order valence-electron chi connectivity index (χ2n) is 4.62. The second kappa shape index (κ2) is 5.99. The highest BCUT2D eigenvalue weighted by Crippen LogP contribution is 2.31. The van der Waals surface area contributed by atoms with Gasteiger partial charge >= 0.3 is 0 Å². The Kier molecular flexibility index (Phi) is 4.59. The topological polar surface area (TPSA) is 59.2 Å². The predicted octanol–water partition coefficient (Wildman–Crippen LogP) is 2.14. The van der Waals surface area contributed by atoms with Crippen LogP contribution in [0.5, 0.6) is 0 Å². The van der Waals surface area contributed by atoms with Gasteiger partial charge in [0, 0.05) is 11.9 Å². The third-order valence-corrected chi connectivity index (χ3v) is 4.71. The van der Waals surface area contributed by atoms with Gasteiger partial charge in [-0.15, -0.1) is 22.9 Å². The van der Waals surface area contributed by atoms with E-state index in [1.54, 1.807) is 11.3 Å². The van der Waals surface area contributed by atoms with E-state index < -0.39 is 0 Å². The second-order valence-corrected chi connectivity index (χ2v) is 5.77. The van der Waals surface area contributed by atoms with Gasteiger partial charge in [-0.25, -0.2) is 4.98 Å². The molecule has 2 atom stereocenters. The number of hydrogen-bond acceptors (Lipinski definition) is 4. The van der Waals surface area contributed by atoms with Crippen LogP contribution in [0.15, 0.2) is 5.38 Å². The van der Waals surface area contributed by atoms with Crippen molar-refractivity contribution in [2.75, 3.05) is 13.1 Å². The molecule has 0 aliphatic carbocycles. The van der Waals surface area contributed by atoms with Crippen LogP contribution in [0.3, 0.4) is 0 Å². The summed E-state index contributed by atoms with van der Waals surface area (Å²) in [6.07, 6.45) is 1.85. The minimum Gasteiger partial charge on any atom is -0.369 e. The highest BCUT2D eigenvalue weighted by Gasteiger charge is 2.32. The van der Waals surface area contributed by atoms with E-state index in [1.807, 2.05) is 5.38 Å². The van der Waals surface area contributed by atoms with Gasteiger partial charge in [-0.3, -0.25) is 9.69 Å². The Morgan fingerprint density at radius 2 is 2.56 bits per heavy atom. The minimum absolute atomic E-state index is 0.00786. The molecule has 18 heavy (non-hydrogen) atoms. The lowest BCUT2D eigenvalue weighted by Crippen LogP contribution is -2.30. The van der Waals surface area contributed by atoms with E-state index in [0.29, 0.717) is 5.88 Å². The van der Waals surface area contributed by atoms with E-state index in [0.717, 1.165) is 36.6 Å². The molecule has 2 rings (SSSR count). The molecule has 1 aliphatic heterocycles. The maximum absolute atomic E-state index is 11.2. The summed E-state index contributed by atoms with van der Waals surface area (Å²) in [4.78, 5) is 18.1. The first-order chi connectivity index (χ1) is 8.65. The molecule has 1 aromatic rings. The van der Waals surface area contributed by atoms with Crippen molar-refractivity contribution in [1.29, 1.82) is 0 Å². The van der Waals surface area contributed by atoms with Gasteiger partial charge < -0.3 is 5.73 Å². The van der Waals surface area contributed by atoms with Crippen molar-refractivity contribution >= 4 is 28.8 Å². The van der Waals surface area contributed by atoms with Gasteiger partial charge in [0.2, 0.25) is 5.91 Å². The Hall–Kier alpha value is -0.650. The lowest BCUT2D eigenvalue weighted by atomic mass is 10.1. The first-order valence-electron chi connectivity index (χ1n) is 6.19. The highest BCUT2D eigenvalue weighted by molar-refractivity contribution is 7.09. The van der Waals surface area contributed by atoms with Crippen LogP contribution in [0.25, 0.3) is 0 Å². The van der Waals surface area contributed by atoms with Crippen LogP contribution in [0.4, 0.5) is 0 Å². The molecule has 0 aromatic carbocycles. The molecule has 2 heterocycles. The summed E-state index contributed by atoms with van der Waals surface area (Å²) in [6.45, 7) is 3.82. The smallest absolute Gasteiger partial charge is 0.221 e. The molecular formula is C12H18ClN3OS. The Labute approximate surface area is 116 Å². The molecule has 1 saturated heterocycles. The predicted molar refractivity (Wildman–Crippen MR) is 73.6 cm³/mol. The molecule has 1 aromatic heterocycles. The number of primary amides is 1. The van der Waals surface area contributed by atoms with Gasteiger partial charge in [0.05, 0.1) is 23.5 Å². The molecule has 2 N–H and O–H groups in total. The van der Waals surface area contributed by atoms with E-state index in [2.05, 4.69) is 16.8 Å². The molecule has 2 unspecified atom stereocenters. The summed E-state index contributed by atoms with van der Waals surface area (Å²) in [5, 5.41) is 3.10. The van der Waals surface area contributed by atoms with Gasteiger partial charge in [0.15, 0.2) is 0 Å². The lowest BCUT2D eigenvalue weighted by molar-refractivity contribution is -0.121. The molecule has 6 heteroatoms. The number of aromatic nitrogens is 1. The van der Waals surface area contributed by atoms with E-state index in [4.69, 9.17) is 17.3 Å². The van der Waals surface area contributed by atoms with Crippen molar-refractivity contribution in [3.63, 3.8) is 0 Å². The number of amides is 1. The fourth-order valence-corrected chi connectivity index (χ4v) is 3.69. The van der Waals surface area contributed by atoms with Crippen molar-refractivity contribution in [2.24, 2.45) is 11.7 Å². The van der Waals surface area contributed by atoms with Crippen molar-refractivity contribution in [3.05, 3.63) is 16.1 Å². The first kappa shape index (κ1) is 13.8. The van der Waals surface area contributed by atoms with E-state index in [-0.39, 0.29) is 17.9 Å². The average Bonchev–Trinajstić information content (AvgIpc) is 2.99. The van der Waals surface area contributed by atoms with Gasteiger partial charge in [-0.05, 0) is 19.4 Å². The van der Waals surface area contributed by atoms with Crippen LogP contribution < -0.4 is 5.73 Å². The molecule has 1 fully saturated rings. The summed E-state index contributed by atoms with van der Waals surface area (Å²) in [5.74, 6) is 0.260. The van der Waals surface area contributed by atoms with Crippen molar-refractivity contribution in [1.82, 2.24) is 9.88 Å². The number of halogens is 1. The normalized spacial score (nSPS) is 22.2. The van der Waals surface area contributed by atoms with Crippen LogP contribution in [-0.2, 0) is 10.7 Å². The summed E-state index contributed by atoms with van der Waals surface area (Å²) in [6, 6.07) is 0.288. The number of nitrogens with two attached hydrogens (primary N) is 1. The number of likely N-dealkylation sites (tertiary alicyclic amines) is 1. The number of rotatable bonds is 5. The van der Waals surface area contributed by atoms with Crippen LogP contribution in [-0.4, -0.2) is 28.9 Å². The summed E-state index contributed by atoms with van der Waals surface area (Å²) >= 11 is 7.43. The SMILES string of the molecule is CCC(c1nc(CCl)cs1)N1CCC(C(N)=O)C1. The Bertz CT molecular complexity index is 423. The number of alkyl halides is 1. The summed E-state index contributed by atoms with van der Waals surface area (Å²) in [5.41, 5.74) is 6.30. The van der Waals surface area contributed by atoms with Crippen molar-refractivity contribution in [2.45, 2.75) is 31.7 Å². The zero-order chi connectivity index (χ0) is 13.1. The van der Waals surface area contributed by atoms with Gasteiger partial charge in [0.1, 0.15) is 5.01 Å². The Morgan fingerprint density at radius 1 is 1.78 bits per heavy atom. The van der Waals surface area contributed by atoms with Crippen molar-refractivity contribution < 1.29 is 4.79 Å². The van der Waals surface area contributed by atoms with Gasteiger partial charge in [0.25, 0.3) is 0 Å². The average molecular weight is 288 g/mol. The Balaban J connectivity index is 2.07. The summed E-state index contributed by atoms with van der Waals surface area (Å²) in [7, 11) is 0. The molecule has 100 valence electrons. The van der Waals surface area contributed by atoms with E-state index >= 15 is 0 Å². The lowest BCUT2D eigenvalue weighted by Gasteiger charge is -2.24. The standard InChI is InChI=1S/C12H18ClN3OS/c1-2-10(12-15-9(5-13)7-18-12)16-4-3-8(6-16)11(14)17/h7-8,10H,2-6H2,1H3,(H2,14,17). The van der Waals surface area contributed by atoms with Crippen LogP contribution in [0.1, 0.15) is 36.5 Å². The number of hydrogen-bond donors (Lipinski definition) is 1. The number of thiazole rings is 1. The maximum Gasteiger partial charge on any atom is 0.221 e. The fourth-order valence-electron chi connectivity index (χ4n) is 2.43.